The van der Waals surface area contributed by atoms with Crippen molar-refractivity contribution in [3.8, 4) is 6.07 Å². The molecule has 1 aliphatic rings. The first-order chi connectivity index (χ1) is 10.00. The average Bonchev–Trinajstić information content (AvgIpc) is 2.54. The molecule has 4 heteroatoms. The van der Waals surface area contributed by atoms with Crippen LogP contribution in [0.5, 0.6) is 0 Å². The van der Waals surface area contributed by atoms with E-state index in [4.69, 9.17) is 0 Å². The summed E-state index contributed by atoms with van der Waals surface area (Å²) in [7, 11) is 3.83. The molecule has 1 fully saturated rings. The molecule has 1 aliphatic heterocycles. The predicted molar refractivity (Wildman–Crippen MR) is 82.7 cm³/mol. The van der Waals surface area contributed by atoms with Crippen molar-refractivity contribution in [3.63, 3.8) is 0 Å². The molecule has 0 aliphatic carbocycles. The van der Waals surface area contributed by atoms with Crippen molar-refractivity contribution in [1.82, 2.24) is 9.80 Å². The molecule has 0 aromatic heterocycles. The second-order valence-corrected chi connectivity index (χ2v) is 6.02. The van der Waals surface area contributed by atoms with Crippen LogP contribution < -0.4 is 0 Å². The van der Waals surface area contributed by atoms with Gasteiger partial charge in [0.25, 0.3) is 0 Å². The highest BCUT2D eigenvalue weighted by atomic mass is 16.2. The smallest absolute Gasteiger partial charge is 0.239 e. The van der Waals surface area contributed by atoms with Gasteiger partial charge in [0.1, 0.15) is 0 Å². The Kier molecular flexibility index (Phi) is 4.64. The molecule has 1 aromatic rings. The molecular weight excluding hydrogens is 262 g/mol. The lowest BCUT2D eigenvalue weighted by Crippen LogP contribution is -2.50. The highest BCUT2D eigenvalue weighted by molar-refractivity contribution is 5.81. The number of benzene rings is 1. The number of piperidine rings is 1. The second kappa shape index (κ2) is 6.28. The number of likely N-dealkylation sites (N-methyl/N-ethyl adjacent to an activating group) is 1. The Labute approximate surface area is 127 Å². The van der Waals surface area contributed by atoms with Gasteiger partial charge in [-0.2, -0.15) is 5.26 Å². The summed E-state index contributed by atoms with van der Waals surface area (Å²) in [5, 5.41) is 9.66. The van der Waals surface area contributed by atoms with E-state index >= 15 is 0 Å². The van der Waals surface area contributed by atoms with Crippen molar-refractivity contribution in [1.29, 1.82) is 5.26 Å². The Morgan fingerprint density at radius 3 is 2.33 bits per heavy atom. The number of likely N-dealkylation sites (tertiary alicyclic amines) is 1. The third kappa shape index (κ3) is 3.08. The molecule has 1 aromatic carbocycles. The molecule has 1 saturated heterocycles. The molecule has 0 saturated carbocycles. The van der Waals surface area contributed by atoms with E-state index in [-0.39, 0.29) is 11.9 Å². The maximum atomic E-state index is 12.4. The van der Waals surface area contributed by atoms with Gasteiger partial charge in [0.2, 0.25) is 5.91 Å². The van der Waals surface area contributed by atoms with E-state index in [1.807, 2.05) is 61.2 Å². The summed E-state index contributed by atoms with van der Waals surface area (Å²) in [4.78, 5) is 16.2. The highest BCUT2D eigenvalue weighted by Crippen LogP contribution is 2.35. The fourth-order valence-corrected chi connectivity index (χ4v) is 2.82. The Morgan fingerprint density at radius 1 is 1.29 bits per heavy atom. The molecule has 1 atom stereocenters. The third-order valence-electron chi connectivity index (χ3n) is 4.60. The van der Waals surface area contributed by atoms with Crippen LogP contribution in [0.15, 0.2) is 30.3 Å². The normalized spacial score (nSPS) is 19.1. The van der Waals surface area contributed by atoms with Crippen LogP contribution in [-0.2, 0) is 10.2 Å². The van der Waals surface area contributed by atoms with Crippen LogP contribution in [0, 0.1) is 11.3 Å². The molecule has 4 nitrogen and oxygen atoms in total. The highest BCUT2D eigenvalue weighted by Gasteiger charge is 2.38. The number of nitriles is 1. The standard InChI is InChI=1S/C17H23N3O/c1-14(19(2)3)16(21)20-11-9-17(13-18,10-12-20)15-7-5-4-6-8-15/h4-8,14H,9-12H2,1-3H3. The molecule has 0 bridgehead atoms. The molecule has 2 rings (SSSR count). The van der Waals surface area contributed by atoms with E-state index in [1.54, 1.807) is 0 Å². The molecule has 1 unspecified atom stereocenters. The van der Waals surface area contributed by atoms with E-state index in [2.05, 4.69) is 6.07 Å². The van der Waals surface area contributed by atoms with Crippen LogP contribution in [0.2, 0.25) is 0 Å². The van der Waals surface area contributed by atoms with Gasteiger partial charge in [-0.25, -0.2) is 0 Å². The summed E-state index contributed by atoms with van der Waals surface area (Å²) < 4.78 is 0. The van der Waals surface area contributed by atoms with Crippen LogP contribution in [0.3, 0.4) is 0 Å². The summed E-state index contributed by atoms with van der Waals surface area (Å²) in [6, 6.07) is 12.3. The number of carbonyl (C=O) groups excluding carboxylic acids is 1. The zero-order valence-corrected chi connectivity index (χ0v) is 13.0. The van der Waals surface area contributed by atoms with E-state index in [1.165, 1.54) is 0 Å². The van der Waals surface area contributed by atoms with Gasteiger partial charge < -0.3 is 4.90 Å². The summed E-state index contributed by atoms with van der Waals surface area (Å²) >= 11 is 0. The van der Waals surface area contributed by atoms with E-state index in [0.717, 1.165) is 5.56 Å². The minimum atomic E-state index is -0.445. The quantitative estimate of drug-likeness (QED) is 0.853. The van der Waals surface area contributed by atoms with Gasteiger partial charge in [0, 0.05) is 13.1 Å². The van der Waals surface area contributed by atoms with E-state index in [0.29, 0.717) is 25.9 Å². The van der Waals surface area contributed by atoms with Crippen molar-refractivity contribution in [2.24, 2.45) is 0 Å². The number of hydrogen-bond acceptors (Lipinski definition) is 3. The number of nitrogens with zero attached hydrogens (tertiary/aromatic N) is 3. The summed E-state index contributed by atoms with van der Waals surface area (Å²) in [6.07, 6.45) is 1.42. The second-order valence-electron chi connectivity index (χ2n) is 6.02. The van der Waals surface area contributed by atoms with Gasteiger partial charge in [0.15, 0.2) is 0 Å². The molecular formula is C17H23N3O. The largest absolute Gasteiger partial charge is 0.341 e. The first kappa shape index (κ1) is 15.5. The number of amides is 1. The van der Waals surface area contributed by atoms with Gasteiger partial charge in [0.05, 0.1) is 17.5 Å². The van der Waals surface area contributed by atoms with Crippen LogP contribution in [0.4, 0.5) is 0 Å². The zero-order chi connectivity index (χ0) is 15.5. The molecule has 0 spiro atoms. The summed E-state index contributed by atoms with van der Waals surface area (Å²) in [6.45, 7) is 3.23. The van der Waals surface area contributed by atoms with Crippen molar-refractivity contribution in [3.05, 3.63) is 35.9 Å². The van der Waals surface area contributed by atoms with Gasteiger partial charge >= 0.3 is 0 Å². The number of rotatable bonds is 3. The lowest BCUT2D eigenvalue weighted by Gasteiger charge is -2.39. The SMILES string of the molecule is CC(C(=O)N1CCC(C#N)(c2ccccc2)CC1)N(C)C. The minimum absolute atomic E-state index is 0.115. The third-order valence-corrected chi connectivity index (χ3v) is 4.60. The first-order valence-electron chi connectivity index (χ1n) is 7.42. The van der Waals surface area contributed by atoms with Crippen molar-refractivity contribution in [2.75, 3.05) is 27.2 Å². The Balaban J connectivity index is 2.09. The van der Waals surface area contributed by atoms with E-state index < -0.39 is 5.41 Å². The topological polar surface area (TPSA) is 47.3 Å². The molecule has 112 valence electrons. The fraction of sp³-hybridized carbons (Fsp3) is 0.529. The maximum Gasteiger partial charge on any atom is 0.239 e. The first-order valence-corrected chi connectivity index (χ1v) is 7.42. The zero-order valence-electron chi connectivity index (χ0n) is 13.0. The van der Waals surface area contributed by atoms with Gasteiger partial charge in [-0.15, -0.1) is 0 Å². The van der Waals surface area contributed by atoms with E-state index in [9.17, 15) is 10.1 Å². The van der Waals surface area contributed by atoms with Crippen molar-refractivity contribution >= 4 is 5.91 Å². The van der Waals surface area contributed by atoms with Gasteiger partial charge in [-0.05, 0) is 39.4 Å². The summed E-state index contributed by atoms with van der Waals surface area (Å²) in [5.74, 6) is 0.152. The Bertz CT molecular complexity index is 525. The van der Waals surface area contributed by atoms with Gasteiger partial charge in [-0.3, -0.25) is 9.69 Å². The lowest BCUT2D eigenvalue weighted by molar-refractivity contribution is -0.136. The van der Waals surface area contributed by atoms with Crippen LogP contribution >= 0.6 is 0 Å². The molecule has 1 amide bonds. The predicted octanol–water partition coefficient (Wildman–Crippen LogP) is 2.02. The van der Waals surface area contributed by atoms with Crippen molar-refractivity contribution in [2.45, 2.75) is 31.2 Å². The number of hydrogen-bond donors (Lipinski definition) is 0. The fourth-order valence-electron chi connectivity index (χ4n) is 2.82. The van der Waals surface area contributed by atoms with Gasteiger partial charge in [-0.1, -0.05) is 30.3 Å². The van der Waals surface area contributed by atoms with Crippen molar-refractivity contribution < 1.29 is 4.79 Å². The van der Waals surface area contributed by atoms with Crippen LogP contribution in [-0.4, -0.2) is 48.9 Å². The lowest BCUT2D eigenvalue weighted by atomic mass is 9.74. The van der Waals surface area contributed by atoms with Crippen LogP contribution in [0.25, 0.3) is 0 Å². The molecule has 0 N–H and O–H groups in total. The summed E-state index contributed by atoms with van der Waals surface area (Å²) in [5.41, 5.74) is 0.625. The minimum Gasteiger partial charge on any atom is -0.341 e. The number of carbonyl (C=O) groups is 1. The average molecular weight is 285 g/mol. The molecule has 1 heterocycles. The maximum absolute atomic E-state index is 12.4. The Hall–Kier alpha value is -1.86. The monoisotopic (exact) mass is 285 g/mol. The molecule has 0 radical (unpaired) electrons. The molecule has 21 heavy (non-hydrogen) atoms. The Morgan fingerprint density at radius 2 is 1.86 bits per heavy atom. The van der Waals surface area contributed by atoms with Crippen LogP contribution in [0.1, 0.15) is 25.3 Å².